The third-order valence-corrected chi connectivity index (χ3v) is 2.27. The minimum Gasteiger partial charge on any atom is -0.330 e. The first-order valence-electron chi connectivity index (χ1n) is 3.63. The van der Waals surface area contributed by atoms with E-state index < -0.39 is 0 Å². The van der Waals surface area contributed by atoms with E-state index in [4.69, 9.17) is 12.2 Å². The van der Waals surface area contributed by atoms with Crippen molar-refractivity contribution < 1.29 is 4.79 Å². The summed E-state index contributed by atoms with van der Waals surface area (Å²) in [5.74, 6) is 0. The van der Waals surface area contributed by atoms with Gasteiger partial charge in [-0.25, -0.2) is 4.57 Å². The number of fused-ring (bicyclic) bond motifs is 1. The highest BCUT2D eigenvalue weighted by Crippen LogP contribution is 2.13. The molecular weight excluding hydrogens is 204 g/mol. The molecule has 0 fully saturated rings. The van der Waals surface area contributed by atoms with Crippen LogP contribution in [0, 0.1) is 4.77 Å². The largest absolute Gasteiger partial charge is 0.330 e. The zero-order valence-electron chi connectivity index (χ0n) is 6.52. The van der Waals surface area contributed by atoms with Gasteiger partial charge in [0, 0.05) is 0 Å². The van der Waals surface area contributed by atoms with Gasteiger partial charge in [0.2, 0.25) is 0 Å². The van der Waals surface area contributed by atoms with Crippen LogP contribution < -0.4 is 0 Å². The summed E-state index contributed by atoms with van der Waals surface area (Å²) < 4.78 is 1.73. The Morgan fingerprint density at radius 2 is 2.15 bits per heavy atom. The average molecular weight is 210 g/mol. The van der Waals surface area contributed by atoms with Crippen molar-refractivity contribution in [1.29, 1.82) is 0 Å². The normalized spacial score (nSPS) is 10.5. The standard InChI is InChI=1S/C8H6N2OS2/c11-8(13)10-6-4-2-1-3-5(6)9-7(10)12/h1-4H,(H,9,12)(H,11,13). The van der Waals surface area contributed by atoms with Gasteiger partial charge in [-0.2, -0.15) is 0 Å². The molecule has 0 radical (unpaired) electrons. The van der Waals surface area contributed by atoms with E-state index in [0.29, 0.717) is 4.77 Å². The van der Waals surface area contributed by atoms with Crippen molar-refractivity contribution in [1.82, 2.24) is 9.55 Å². The molecule has 0 atom stereocenters. The van der Waals surface area contributed by atoms with Crippen LogP contribution in [0.1, 0.15) is 0 Å². The van der Waals surface area contributed by atoms with E-state index in [9.17, 15) is 4.79 Å². The maximum absolute atomic E-state index is 11.1. The van der Waals surface area contributed by atoms with Crippen LogP contribution in [-0.2, 0) is 0 Å². The Morgan fingerprint density at radius 1 is 1.46 bits per heavy atom. The number of carbonyl (C=O) groups excluding carboxylic acids is 1. The molecule has 0 aliphatic carbocycles. The van der Waals surface area contributed by atoms with Crippen molar-refractivity contribution in [3.8, 4) is 0 Å². The van der Waals surface area contributed by atoms with E-state index in [1.807, 2.05) is 24.3 Å². The average Bonchev–Trinajstić information content (AvgIpc) is 2.39. The Morgan fingerprint density at radius 3 is 2.85 bits per heavy atom. The van der Waals surface area contributed by atoms with Crippen molar-refractivity contribution in [2.24, 2.45) is 0 Å². The molecule has 3 nitrogen and oxygen atoms in total. The third-order valence-electron chi connectivity index (χ3n) is 1.78. The highest BCUT2D eigenvalue weighted by Gasteiger charge is 2.06. The maximum atomic E-state index is 11.1. The van der Waals surface area contributed by atoms with E-state index >= 15 is 0 Å². The van der Waals surface area contributed by atoms with Crippen molar-refractivity contribution in [3.05, 3.63) is 29.0 Å². The lowest BCUT2D eigenvalue weighted by Crippen LogP contribution is -2.00. The fourth-order valence-corrected chi connectivity index (χ4v) is 1.81. The second-order valence-electron chi connectivity index (χ2n) is 2.57. The monoisotopic (exact) mass is 210 g/mol. The van der Waals surface area contributed by atoms with Crippen molar-refractivity contribution in [3.63, 3.8) is 0 Å². The molecule has 0 aliphatic rings. The summed E-state index contributed by atoms with van der Waals surface area (Å²) in [6.45, 7) is 0. The van der Waals surface area contributed by atoms with Gasteiger partial charge in [0.15, 0.2) is 4.77 Å². The van der Waals surface area contributed by atoms with E-state index in [-0.39, 0.29) is 5.24 Å². The topological polar surface area (TPSA) is 37.8 Å². The molecule has 66 valence electrons. The summed E-state index contributed by atoms with van der Waals surface area (Å²) in [5.41, 5.74) is 1.60. The van der Waals surface area contributed by atoms with Gasteiger partial charge >= 0.3 is 0 Å². The van der Waals surface area contributed by atoms with E-state index in [2.05, 4.69) is 17.6 Å². The summed E-state index contributed by atoms with van der Waals surface area (Å²) in [4.78, 5) is 14.0. The molecular formula is C8H6N2OS2. The number of rotatable bonds is 0. The van der Waals surface area contributed by atoms with Gasteiger partial charge in [0.1, 0.15) is 0 Å². The number of carbonyl (C=O) groups is 1. The van der Waals surface area contributed by atoms with Gasteiger partial charge in [0.25, 0.3) is 5.24 Å². The molecule has 1 N–H and O–H groups in total. The van der Waals surface area contributed by atoms with E-state index in [0.717, 1.165) is 11.0 Å². The van der Waals surface area contributed by atoms with Crippen LogP contribution in [0.3, 0.4) is 0 Å². The fraction of sp³-hybridized carbons (Fsp3) is 0. The number of benzene rings is 1. The fourth-order valence-electron chi connectivity index (χ4n) is 1.24. The molecule has 0 saturated heterocycles. The summed E-state index contributed by atoms with van der Waals surface area (Å²) in [7, 11) is 0. The Hall–Kier alpha value is -1.07. The third kappa shape index (κ3) is 1.30. The van der Waals surface area contributed by atoms with Crippen molar-refractivity contribution in [2.75, 3.05) is 0 Å². The van der Waals surface area contributed by atoms with Crippen molar-refractivity contribution >= 4 is 41.1 Å². The van der Waals surface area contributed by atoms with E-state index in [1.54, 1.807) is 0 Å². The summed E-state index contributed by atoms with van der Waals surface area (Å²) >= 11 is 8.70. The van der Waals surface area contributed by atoms with Crippen LogP contribution >= 0.6 is 24.8 Å². The summed E-state index contributed by atoms with van der Waals surface area (Å²) in [6, 6.07) is 7.40. The smallest absolute Gasteiger partial charge is 0.289 e. The number of nitrogens with one attached hydrogen (secondary N) is 1. The highest BCUT2D eigenvalue weighted by molar-refractivity contribution is 7.96. The minimum atomic E-state index is -0.373. The molecule has 5 heteroatoms. The van der Waals surface area contributed by atoms with Crippen LogP contribution in [-0.4, -0.2) is 14.8 Å². The lowest BCUT2D eigenvalue weighted by molar-refractivity contribution is 0.262. The Labute approximate surface area is 84.8 Å². The van der Waals surface area contributed by atoms with Crippen molar-refractivity contribution in [2.45, 2.75) is 0 Å². The van der Waals surface area contributed by atoms with Gasteiger partial charge in [-0.1, -0.05) is 24.8 Å². The van der Waals surface area contributed by atoms with Gasteiger partial charge < -0.3 is 4.98 Å². The minimum absolute atomic E-state index is 0.373. The molecule has 0 saturated carbocycles. The summed E-state index contributed by atoms with van der Waals surface area (Å²) in [5, 5.41) is -0.373. The molecule has 0 amide bonds. The van der Waals surface area contributed by atoms with Crippen LogP contribution in [0.5, 0.6) is 0 Å². The molecule has 1 aromatic carbocycles. The molecule has 0 spiro atoms. The molecule has 0 aliphatic heterocycles. The predicted octanol–water partition coefficient (Wildman–Crippen LogP) is 2.60. The predicted molar refractivity (Wildman–Crippen MR) is 56.9 cm³/mol. The lowest BCUT2D eigenvalue weighted by atomic mass is 10.3. The Bertz CT molecular complexity index is 526. The van der Waals surface area contributed by atoms with Crippen LogP contribution in [0.25, 0.3) is 11.0 Å². The molecule has 0 unspecified atom stereocenters. The highest BCUT2D eigenvalue weighted by atomic mass is 32.1. The quantitative estimate of drug-likeness (QED) is 0.518. The second kappa shape index (κ2) is 3.01. The number of aromatic nitrogens is 2. The van der Waals surface area contributed by atoms with Crippen LogP contribution in [0.2, 0.25) is 0 Å². The number of imidazole rings is 1. The number of H-pyrrole nitrogens is 1. The summed E-state index contributed by atoms with van der Waals surface area (Å²) in [6.07, 6.45) is 0. The zero-order valence-corrected chi connectivity index (χ0v) is 8.23. The van der Waals surface area contributed by atoms with E-state index in [1.165, 1.54) is 4.57 Å². The van der Waals surface area contributed by atoms with Crippen LogP contribution in [0.4, 0.5) is 4.79 Å². The lowest BCUT2D eigenvalue weighted by Gasteiger charge is -1.94. The van der Waals surface area contributed by atoms with Gasteiger partial charge in [0.05, 0.1) is 11.0 Å². The molecule has 1 aromatic heterocycles. The molecule has 2 rings (SSSR count). The SMILES string of the molecule is O=C(S)n1c(=S)[nH]c2ccccc21. The number of hydrogen-bond donors (Lipinski definition) is 2. The Balaban J connectivity index is 2.95. The van der Waals surface area contributed by atoms with Gasteiger partial charge in [-0.05, 0) is 24.4 Å². The van der Waals surface area contributed by atoms with Gasteiger partial charge in [-0.3, -0.25) is 4.79 Å². The first-order valence-corrected chi connectivity index (χ1v) is 4.49. The first-order chi connectivity index (χ1) is 6.20. The first kappa shape index (κ1) is 8.52. The number of aromatic amines is 1. The second-order valence-corrected chi connectivity index (χ2v) is 3.33. The number of para-hydroxylation sites is 2. The molecule has 13 heavy (non-hydrogen) atoms. The van der Waals surface area contributed by atoms with Gasteiger partial charge in [-0.15, -0.1) is 0 Å². The maximum Gasteiger partial charge on any atom is 0.289 e. The van der Waals surface area contributed by atoms with Crippen LogP contribution in [0.15, 0.2) is 24.3 Å². The zero-order chi connectivity index (χ0) is 9.42. The number of hydrogen-bond acceptors (Lipinski definition) is 2. The number of thiol groups is 1. The molecule has 2 aromatic rings. The molecule has 1 heterocycles. The molecule has 0 bridgehead atoms. The Kier molecular flexibility index (Phi) is 1.97. The number of nitrogens with zero attached hydrogens (tertiary/aromatic N) is 1.